The number of nitrogens with zero attached hydrogens (tertiary/aromatic N) is 1. The molecule has 1 saturated heterocycles. The molecular weight excluding hydrogens is 260 g/mol. The molecule has 1 aromatic carbocycles. The molecule has 0 bridgehead atoms. The van der Waals surface area contributed by atoms with E-state index in [1.54, 1.807) is 0 Å². The van der Waals surface area contributed by atoms with Gasteiger partial charge in [0.2, 0.25) is 5.91 Å². The summed E-state index contributed by atoms with van der Waals surface area (Å²) in [5, 5.41) is 3.41. The summed E-state index contributed by atoms with van der Waals surface area (Å²) in [7, 11) is 0. The fourth-order valence-electron chi connectivity index (χ4n) is 3.22. The van der Waals surface area contributed by atoms with E-state index in [2.05, 4.69) is 48.3 Å². The van der Waals surface area contributed by atoms with Gasteiger partial charge in [0.15, 0.2) is 0 Å². The Hall–Kier alpha value is -1.35. The quantitative estimate of drug-likeness (QED) is 0.902. The standard InChI is InChI=1S/C18H26N2O/c1-3-14-5-7-15(8-6-14)13-20(16-9-10-16)17(21)18(2)11-4-12-19-18/h5-8,16,19H,3-4,9-13H2,1-2H3. The number of nitrogens with one attached hydrogen (secondary N) is 1. The third kappa shape index (κ3) is 3.13. The molecule has 1 N–H and O–H groups in total. The van der Waals surface area contributed by atoms with E-state index in [1.165, 1.54) is 11.1 Å². The minimum Gasteiger partial charge on any atom is -0.334 e. The van der Waals surface area contributed by atoms with Gasteiger partial charge in [-0.25, -0.2) is 0 Å². The molecule has 2 fully saturated rings. The second-order valence-corrected chi connectivity index (χ2v) is 6.70. The molecule has 1 aliphatic carbocycles. The Balaban J connectivity index is 1.73. The van der Waals surface area contributed by atoms with Crippen molar-refractivity contribution in [2.45, 2.75) is 64.1 Å². The van der Waals surface area contributed by atoms with Crippen LogP contribution in [0.2, 0.25) is 0 Å². The highest BCUT2D eigenvalue weighted by Gasteiger charge is 2.43. The summed E-state index contributed by atoms with van der Waals surface area (Å²) < 4.78 is 0. The van der Waals surface area contributed by atoms with Crippen LogP contribution in [0.3, 0.4) is 0 Å². The van der Waals surface area contributed by atoms with Crippen molar-refractivity contribution in [2.75, 3.05) is 6.54 Å². The first-order valence-electron chi connectivity index (χ1n) is 8.26. The van der Waals surface area contributed by atoms with Crippen LogP contribution in [0.25, 0.3) is 0 Å². The summed E-state index contributed by atoms with van der Waals surface area (Å²) in [5.41, 5.74) is 2.26. The van der Waals surface area contributed by atoms with Crippen LogP contribution in [0.4, 0.5) is 0 Å². The van der Waals surface area contributed by atoms with Crippen LogP contribution in [0.1, 0.15) is 50.7 Å². The minimum atomic E-state index is -0.341. The lowest BCUT2D eigenvalue weighted by atomic mass is 9.97. The van der Waals surface area contributed by atoms with Crippen LogP contribution in [0.15, 0.2) is 24.3 Å². The third-order valence-corrected chi connectivity index (χ3v) is 4.87. The maximum atomic E-state index is 12.9. The van der Waals surface area contributed by atoms with Crippen molar-refractivity contribution in [3.8, 4) is 0 Å². The van der Waals surface area contributed by atoms with Gasteiger partial charge >= 0.3 is 0 Å². The lowest BCUT2D eigenvalue weighted by molar-refractivity contribution is -0.138. The summed E-state index contributed by atoms with van der Waals surface area (Å²) in [6, 6.07) is 9.17. The molecule has 1 saturated carbocycles. The monoisotopic (exact) mass is 286 g/mol. The highest BCUT2D eigenvalue weighted by atomic mass is 16.2. The summed E-state index contributed by atoms with van der Waals surface area (Å²) in [6.45, 7) is 5.95. The average Bonchev–Trinajstić information content (AvgIpc) is 3.26. The number of amides is 1. The second kappa shape index (κ2) is 5.80. The maximum absolute atomic E-state index is 12.9. The lowest BCUT2D eigenvalue weighted by Crippen LogP contribution is -2.53. The smallest absolute Gasteiger partial charge is 0.243 e. The summed E-state index contributed by atoms with van der Waals surface area (Å²) in [4.78, 5) is 15.1. The minimum absolute atomic E-state index is 0.294. The van der Waals surface area contributed by atoms with Crippen LogP contribution in [-0.2, 0) is 17.8 Å². The van der Waals surface area contributed by atoms with Crippen molar-refractivity contribution in [1.29, 1.82) is 0 Å². The first kappa shape index (κ1) is 14.6. The molecule has 1 aromatic rings. The molecule has 0 radical (unpaired) electrons. The van der Waals surface area contributed by atoms with E-state index in [0.29, 0.717) is 11.9 Å². The van der Waals surface area contributed by atoms with Gasteiger partial charge in [0.05, 0.1) is 5.54 Å². The van der Waals surface area contributed by atoms with Gasteiger partial charge in [-0.1, -0.05) is 31.2 Å². The highest BCUT2D eigenvalue weighted by molar-refractivity contribution is 5.86. The zero-order valence-corrected chi connectivity index (χ0v) is 13.2. The summed E-state index contributed by atoms with van der Waals surface area (Å²) in [5.74, 6) is 0.294. The Labute approximate surface area is 127 Å². The zero-order valence-electron chi connectivity index (χ0n) is 13.2. The Bertz CT molecular complexity index is 498. The molecule has 0 spiro atoms. The van der Waals surface area contributed by atoms with Crippen molar-refractivity contribution in [1.82, 2.24) is 10.2 Å². The van der Waals surface area contributed by atoms with Crippen molar-refractivity contribution in [3.63, 3.8) is 0 Å². The molecule has 1 aliphatic heterocycles. The summed E-state index contributed by atoms with van der Waals surface area (Å²) >= 11 is 0. The molecule has 1 amide bonds. The van der Waals surface area contributed by atoms with Crippen LogP contribution < -0.4 is 5.32 Å². The molecule has 1 atom stereocenters. The number of hydrogen-bond donors (Lipinski definition) is 1. The van der Waals surface area contributed by atoms with E-state index in [9.17, 15) is 4.79 Å². The van der Waals surface area contributed by atoms with E-state index in [1.807, 2.05) is 0 Å². The van der Waals surface area contributed by atoms with E-state index in [4.69, 9.17) is 0 Å². The fraction of sp³-hybridized carbons (Fsp3) is 0.611. The van der Waals surface area contributed by atoms with Gasteiger partial charge < -0.3 is 10.2 Å². The van der Waals surface area contributed by atoms with Gasteiger partial charge in [-0.2, -0.15) is 0 Å². The number of carbonyl (C=O) groups excluding carboxylic acids is 1. The Morgan fingerprint density at radius 2 is 1.95 bits per heavy atom. The van der Waals surface area contributed by atoms with E-state index >= 15 is 0 Å². The van der Waals surface area contributed by atoms with Gasteiger partial charge in [-0.15, -0.1) is 0 Å². The van der Waals surface area contributed by atoms with Gasteiger partial charge in [0, 0.05) is 12.6 Å². The second-order valence-electron chi connectivity index (χ2n) is 6.70. The molecule has 21 heavy (non-hydrogen) atoms. The van der Waals surface area contributed by atoms with E-state index < -0.39 is 0 Å². The first-order valence-corrected chi connectivity index (χ1v) is 8.26. The Morgan fingerprint density at radius 1 is 1.29 bits per heavy atom. The lowest BCUT2D eigenvalue weighted by Gasteiger charge is -2.32. The molecule has 114 valence electrons. The third-order valence-electron chi connectivity index (χ3n) is 4.87. The van der Waals surface area contributed by atoms with Crippen molar-refractivity contribution in [3.05, 3.63) is 35.4 Å². The number of hydrogen-bond acceptors (Lipinski definition) is 2. The zero-order chi connectivity index (χ0) is 14.9. The van der Waals surface area contributed by atoms with Gasteiger partial charge in [-0.3, -0.25) is 4.79 Å². The average molecular weight is 286 g/mol. The highest BCUT2D eigenvalue weighted by Crippen LogP contribution is 2.32. The van der Waals surface area contributed by atoms with Gasteiger partial charge in [-0.05, 0) is 56.7 Å². The van der Waals surface area contributed by atoms with Crippen molar-refractivity contribution < 1.29 is 4.79 Å². The van der Waals surface area contributed by atoms with Crippen LogP contribution in [-0.4, -0.2) is 28.9 Å². The number of carbonyl (C=O) groups is 1. The molecule has 1 unspecified atom stereocenters. The summed E-state index contributed by atoms with van der Waals surface area (Å²) in [6.07, 6.45) is 5.45. The van der Waals surface area contributed by atoms with Crippen LogP contribution in [0, 0.1) is 0 Å². The van der Waals surface area contributed by atoms with Crippen LogP contribution in [0.5, 0.6) is 0 Å². The maximum Gasteiger partial charge on any atom is 0.243 e. The molecule has 1 heterocycles. The van der Waals surface area contributed by atoms with Crippen molar-refractivity contribution in [2.24, 2.45) is 0 Å². The molecule has 0 aromatic heterocycles. The Morgan fingerprint density at radius 3 is 2.48 bits per heavy atom. The predicted molar refractivity (Wildman–Crippen MR) is 85.0 cm³/mol. The first-order chi connectivity index (χ1) is 10.1. The Kier molecular flexibility index (Phi) is 4.03. The topological polar surface area (TPSA) is 32.3 Å². The normalized spacial score (nSPS) is 25.0. The van der Waals surface area contributed by atoms with Crippen molar-refractivity contribution >= 4 is 5.91 Å². The number of benzene rings is 1. The van der Waals surface area contributed by atoms with E-state index in [0.717, 1.165) is 45.2 Å². The largest absolute Gasteiger partial charge is 0.334 e. The van der Waals surface area contributed by atoms with Gasteiger partial charge in [0.25, 0.3) is 0 Å². The van der Waals surface area contributed by atoms with E-state index in [-0.39, 0.29) is 5.54 Å². The molecule has 2 aliphatic rings. The van der Waals surface area contributed by atoms with Gasteiger partial charge in [0.1, 0.15) is 0 Å². The molecule has 3 nitrogen and oxygen atoms in total. The molecule has 3 heteroatoms. The number of rotatable bonds is 5. The molecular formula is C18H26N2O. The SMILES string of the molecule is CCc1ccc(CN(C(=O)C2(C)CCCN2)C2CC2)cc1. The van der Waals surface area contributed by atoms with Crippen LogP contribution >= 0.6 is 0 Å². The fourth-order valence-corrected chi connectivity index (χ4v) is 3.22. The molecule has 3 rings (SSSR count). The number of aryl methyl sites for hydroxylation is 1. The predicted octanol–water partition coefficient (Wildman–Crippen LogP) is 2.88.